The molecule has 0 fully saturated rings. The number of carboxylic acid groups (broad SMARTS) is 1. The molecule has 0 saturated carbocycles. The Labute approximate surface area is 149 Å². The number of dihydropyridines is 1. The molecule has 1 rings (SSSR count). The molecule has 0 aromatic heterocycles. The van der Waals surface area contributed by atoms with Gasteiger partial charge in [0.05, 0.1) is 17.0 Å². The second kappa shape index (κ2) is 7.48. The molecule has 0 radical (unpaired) electrons. The number of aliphatic imine (C=N–C) groups is 1. The minimum atomic E-state index is -3.92. The molecule has 8 heteroatoms. The third kappa shape index (κ3) is 3.97. The summed E-state index contributed by atoms with van der Waals surface area (Å²) in [5.41, 5.74) is -2.26. The molecule has 0 amide bonds. The maximum atomic E-state index is 13.9. The smallest absolute Gasteiger partial charge is 0.344 e. The quantitative estimate of drug-likeness (QED) is 0.500. The largest absolute Gasteiger partial charge is 0.549 e. The second-order valence-corrected chi connectivity index (χ2v) is 7.33. The molecule has 4 nitrogen and oxygen atoms in total. The van der Waals surface area contributed by atoms with Crippen molar-refractivity contribution in [2.75, 3.05) is 0 Å². The van der Waals surface area contributed by atoms with Crippen molar-refractivity contribution in [1.82, 2.24) is 0 Å². The molecule has 1 aliphatic rings. The van der Waals surface area contributed by atoms with Crippen LogP contribution < -0.4 is 5.11 Å². The molecule has 0 aliphatic carbocycles. The van der Waals surface area contributed by atoms with Crippen molar-refractivity contribution in [2.24, 2.45) is 16.3 Å². The fourth-order valence-electron chi connectivity index (χ4n) is 2.96. The molecule has 136 valence electrons. The molecule has 1 heterocycles. The highest BCUT2D eigenvalue weighted by molar-refractivity contribution is 6.71. The van der Waals surface area contributed by atoms with Crippen molar-refractivity contribution in [3.05, 3.63) is 11.1 Å². The predicted octanol–water partition coefficient (Wildman–Crippen LogP) is 3.31. The highest BCUT2D eigenvalue weighted by atomic mass is 35.5. The van der Waals surface area contributed by atoms with Gasteiger partial charge in [-0.05, 0) is 54.5 Å². The molecule has 1 aliphatic heterocycles. The van der Waals surface area contributed by atoms with Crippen molar-refractivity contribution in [1.29, 1.82) is 0 Å². The van der Waals surface area contributed by atoms with Gasteiger partial charge in [-0.2, -0.15) is 8.78 Å². The molecule has 24 heavy (non-hydrogen) atoms. The molecule has 0 aromatic carbocycles. The molecular weight excluding hydrogens is 363 g/mol. The van der Waals surface area contributed by atoms with Crippen molar-refractivity contribution in [3.63, 3.8) is 0 Å². The van der Waals surface area contributed by atoms with Crippen LogP contribution in [-0.2, 0) is 9.59 Å². The van der Waals surface area contributed by atoms with Crippen molar-refractivity contribution < 1.29 is 23.5 Å². The van der Waals surface area contributed by atoms with E-state index in [4.69, 9.17) is 23.2 Å². The number of nitrogens with zero attached hydrogens (tertiary/aromatic N) is 1. The minimum Gasteiger partial charge on any atom is -0.549 e. The van der Waals surface area contributed by atoms with E-state index in [9.17, 15) is 23.5 Å². The summed E-state index contributed by atoms with van der Waals surface area (Å²) in [7, 11) is 0. The van der Waals surface area contributed by atoms with Crippen LogP contribution in [0.15, 0.2) is 16.1 Å². The first-order valence-electron chi connectivity index (χ1n) is 7.65. The maximum absolute atomic E-state index is 13.9. The lowest BCUT2D eigenvalue weighted by Gasteiger charge is -2.44. The second-order valence-electron chi connectivity index (χ2n) is 6.48. The number of rotatable bonds is 7. The van der Waals surface area contributed by atoms with Gasteiger partial charge in [0.2, 0.25) is 0 Å². The SMILES string of the molecule is CCCC1=NC(C(F)(F)Cl)C(C)(C(=O)[O-])C(CC(C)C)=C1C(=O)Cl. The zero-order chi connectivity index (χ0) is 18.9. The summed E-state index contributed by atoms with van der Waals surface area (Å²) in [5, 5.41) is 6.96. The van der Waals surface area contributed by atoms with E-state index in [1.54, 1.807) is 20.8 Å². The molecule has 2 unspecified atom stereocenters. The molecule has 0 bridgehead atoms. The first-order valence-corrected chi connectivity index (χ1v) is 8.41. The Morgan fingerprint density at radius 3 is 2.29 bits per heavy atom. The van der Waals surface area contributed by atoms with E-state index < -0.39 is 28.1 Å². The van der Waals surface area contributed by atoms with Crippen LogP contribution in [0.3, 0.4) is 0 Å². The van der Waals surface area contributed by atoms with E-state index in [-0.39, 0.29) is 35.6 Å². The number of carbonyl (C=O) groups is 2. The van der Waals surface area contributed by atoms with Gasteiger partial charge in [-0.3, -0.25) is 9.79 Å². The topological polar surface area (TPSA) is 69.6 Å². The van der Waals surface area contributed by atoms with Crippen molar-refractivity contribution >= 4 is 40.1 Å². The number of alkyl halides is 3. The molecular formula is C16H20Cl2F2NO3-. The van der Waals surface area contributed by atoms with Crippen LogP contribution in [0.25, 0.3) is 0 Å². The third-order valence-electron chi connectivity index (χ3n) is 4.08. The zero-order valence-corrected chi connectivity index (χ0v) is 15.5. The fourth-order valence-corrected chi connectivity index (χ4v) is 3.45. The van der Waals surface area contributed by atoms with E-state index in [1.807, 2.05) is 0 Å². The molecule has 0 saturated heterocycles. The third-order valence-corrected chi connectivity index (χ3v) is 4.47. The number of aliphatic carboxylic acids is 1. The average molecular weight is 383 g/mol. The van der Waals surface area contributed by atoms with E-state index in [0.717, 1.165) is 6.92 Å². The maximum Gasteiger partial charge on any atom is 0.344 e. The van der Waals surface area contributed by atoms with E-state index in [1.165, 1.54) is 0 Å². The average Bonchev–Trinajstić information content (AvgIpc) is 2.39. The monoisotopic (exact) mass is 382 g/mol. The summed E-state index contributed by atoms with van der Waals surface area (Å²) >= 11 is 10.8. The van der Waals surface area contributed by atoms with Crippen LogP contribution in [0.1, 0.15) is 47.0 Å². The van der Waals surface area contributed by atoms with Crippen molar-refractivity contribution in [3.8, 4) is 0 Å². The van der Waals surface area contributed by atoms with Crippen molar-refractivity contribution in [2.45, 2.75) is 58.4 Å². The van der Waals surface area contributed by atoms with Crippen LogP contribution in [0, 0.1) is 11.3 Å². The molecule has 0 aromatic rings. The molecule has 0 spiro atoms. The molecule has 0 N–H and O–H groups in total. The first-order chi connectivity index (χ1) is 10.9. The lowest BCUT2D eigenvalue weighted by atomic mass is 9.68. The number of hydrogen-bond acceptors (Lipinski definition) is 4. The van der Waals surface area contributed by atoms with Crippen LogP contribution in [0.2, 0.25) is 0 Å². The van der Waals surface area contributed by atoms with Gasteiger partial charge in [-0.1, -0.05) is 27.2 Å². The van der Waals surface area contributed by atoms with Crippen LogP contribution >= 0.6 is 23.2 Å². The highest BCUT2D eigenvalue weighted by Crippen LogP contribution is 2.49. The van der Waals surface area contributed by atoms with Gasteiger partial charge in [0.1, 0.15) is 6.04 Å². The van der Waals surface area contributed by atoms with Crippen LogP contribution in [-0.4, -0.2) is 28.3 Å². The minimum absolute atomic E-state index is 0.00118. The number of halogens is 4. The van der Waals surface area contributed by atoms with Gasteiger partial charge in [0, 0.05) is 5.71 Å². The summed E-state index contributed by atoms with van der Waals surface area (Å²) in [5.74, 6) is -1.87. The van der Waals surface area contributed by atoms with E-state index in [2.05, 4.69) is 4.99 Å². The molecule has 2 atom stereocenters. The summed E-state index contributed by atoms with van der Waals surface area (Å²) in [6, 6.07) is -2.08. The van der Waals surface area contributed by atoms with Crippen LogP contribution in [0.5, 0.6) is 0 Å². The summed E-state index contributed by atoms with van der Waals surface area (Å²) in [4.78, 5) is 27.6. The standard InChI is InChI=1S/C16H21Cl2F2NO3/c1-5-6-10-11(12(17)22)9(7-8(2)3)15(4,14(23)24)13(21-10)16(18,19)20/h8,13H,5-7H2,1-4H3,(H,23,24)/p-1. The summed E-state index contributed by atoms with van der Waals surface area (Å²) in [6.45, 7) is 6.39. The van der Waals surface area contributed by atoms with Gasteiger partial charge in [0.15, 0.2) is 0 Å². The fraction of sp³-hybridized carbons (Fsp3) is 0.688. The van der Waals surface area contributed by atoms with E-state index >= 15 is 0 Å². The van der Waals surface area contributed by atoms with Gasteiger partial charge < -0.3 is 9.90 Å². The lowest BCUT2D eigenvalue weighted by Crippen LogP contribution is -2.56. The zero-order valence-electron chi connectivity index (χ0n) is 14.0. The highest BCUT2D eigenvalue weighted by Gasteiger charge is 2.55. The summed E-state index contributed by atoms with van der Waals surface area (Å²) in [6.07, 6.45) is 0.816. The number of allylic oxidation sites excluding steroid dienone is 1. The lowest BCUT2D eigenvalue weighted by molar-refractivity contribution is -0.318. The Kier molecular flexibility index (Phi) is 6.56. The number of carboxylic acids is 1. The van der Waals surface area contributed by atoms with Gasteiger partial charge in [-0.25, -0.2) is 0 Å². The number of carbonyl (C=O) groups excluding carboxylic acids is 2. The normalized spacial score (nSPS) is 25.0. The van der Waals surface area contributed by atoms with Gasteiger partial charge in [-0.15, -0.1) is 0 Å². The first kappa shape index (κ1) is 21.0. The van der Waals surface area contributed by atoms with Crippen LogP contribution in [0.4, 0.5) is 8.78 Å². The Morgan fingerprint density at radius 2 is 1.96 bits per heavy atom. The van der Waals surface area contributed by atoms with E-state index in [0.29, 0.717) is 6.42 Å². The van der Waals surface area contributed by atoms with Gasteiger partial charge >= 0.3 is 5.38 Å². The Balaban J connectivity index is 3.79. The Hall–Kier alpha value is -1.01. The predicted molar refractivity (Wildman–Crippen MR) is 87.4 cm³/mol. The van der Waals surface area contributed by atoms with Gasteiger partial charge in [0.25, 0.3) is 5.24 Å². The number of hydrogen-bond donors (Lipinski definition) is 0. The summed E-state index contributed by atoms with van der Waals surface area (Å²) < 4.78 is 27.9. The Bertz CT molecular complexity index is 597. The Morgan fingerprint density at radius 1 is 1.42 bits per heavy atom.